The lowest BCUT2D eigenvalue weighted by Crippen LogP contribution is -2.36. The van der Waals surface area contributed by atoms with Crippen molar-refractivity contribution in [2.75, 3.05) is 0 Å². The molecule has 3 nitrogen and oxygen atoms in total. The van der Waals surface area contributed by atoms with Crippen LogP contribution in [-0.4, -0.2) is 5.78 Å². The highest BCUT2D eigenvalue weighted by Gasteiger charge is 2.42. The van der Waals surface area contributed by atoms with Crippen LogP contribution in [0.3, 0.4) is 0 Å². The van der Waals surface area contributed by atoms with E-state index in [4.69, 9.17) is 11.6 Å². The molecule has 0 fully saturated rings. The fourth-order valence-corrected chi connectivity index (χ4v) is 6.19. The summed E-state index contributed by atoms with van der Waals surface area (Å²) < 4.78 is 0. The van der Waals surface area contributed by atoms with Gasteiger partial charge in [-0.25, -0.2) is 0 Å². The van der Waals surface area contributed by atoms with Gasteiger partial charge < -0.3 is 5.32 Å². The summed E-state index contributed by atoms with van der Waals surface area (Å²) in [6, 6.07) is 14.2. The highest BCUT2D eigenvalue weighted by molar-refractivity contribution is 8.02. The number of carbonyl (C=O) groups excluding carboxylic acids is 1. The molecule has 29 heavy (non-hydrogen) atoms. The van der Waals surface area contributed by atoms with Crippen molar-refractivity contribution in [3.8, 4) is 6.07 Å². The first-order valence-electron chi connectivity index (χ1n) is 9.47. The number of thioether (sulfide) groups is 1. The summed E-state index contributed by atoms with van der Waals surface area (Å²) in [7, 11) is 0. The summed E-state index contributed by atoms with van der Waals surface area (Å²) in [5, 5.41) is 17.1. The normalized spacial score (nSPS) is 20.9. The standard InChI is InChI=1S/C23H21ClN2OS2/c1-23(2)10-17-21(18(27)11-23)20(19-8-5-9-28-19)15(12-25)22(26-17)29-13-14-6-3-4-7-16(14)24/h3-9,20,26H,10-11,13H2,1-2H3. The van der Waals surface area contributed by atoms with E-state index in [1.165, 1.54) is 0 Å². The fourth-order valence-electron chi connectivity index (χ4n) is 4.00. The number of hydrogen-bond donors (Lipinski definition) is 1. The van der Waals surface area contributed by atoms with Gasteiger partial charge in [-0.3, -0.25) is 4.79 Å². The van der Waals surface area contributed by atoms with Gasteiger partial charge in [0.15, 0.2) is 5.78 Å². The number of halogens is 1. The zero-order valence-electron chi connectivity index (χ0n) is 16.3. The van der Waals surface area contributed by atoms with E-state index in [0.29, 0.717) is 17.7 Å². The van der Waals surface area contributed by atoms with E-state index in [0.717, 1.165) is 38.2 Å². The Morgan fingerprint density at radius 2 is 2.07 bits per heavy atom. The molecule has 1 atom stereocenters. The average Bonchev–Trinajstić information content (AvgIpc) is 3.19. The summed E-state index contributed by atoms with van der Waals surface area (Å²) in [6.07, 6.45) is 1.31. The van der Waals surface area contributed by atoms with Crippen molar-refractivity contribution in [3.05, 3.63) is 79.1 Å². The quantitative estimate of drug-likeness (QED) is 0.597. The highest BCUT2D eigenvalue weighted by atomic mass is 35.5. The van der Waals surface area contributed by atoms with Gasteiger partial charge in [-0.1, -0.05) is 49.7 Å². The molecule has 1 N–H and O–H groups in total. The molecule has 0 saturated carbocycles. The summed E-state index contributed by atoms with van der Waals surface area (Å²) in [5.74, 6) is 0.517. The number of allylic oxidation sites excluding steroid dienone is 3. The number of Topliss-reactive ketones (excluding diaryl/α,β-unsaturated/α-hetero) is 1. The van der Waals surface area contributed by atoms with Crippen LogP contribution in [0.1, 0.15) is 43.0 Å². The van der Waals surface area contributed by atoms with E-state index in [2.05, 4.69) is 25.2 Å². The van der Waals surface area contributed by atoms with Crippen LogP contribution in [0.25, 0.3) is 0 Å². The van der Waals surface area contributed by atoms with Crippen molar-refractivity contribution in [3.63, 3.8) is 0 Å². The van der Waals surface area contributed by atoms with Crippen molar-refractivity contribution in [2.24, 2.45) is 5.41 Å². The van der Waals surface area contributed by atoms with Crippen molar-refractivity contribution >= 4 is 40.5 Å². The van der Waals surface area contributed by atoms with Gasteiger partial charge in [-0.15, -0.1) is 23.1 Å². The Labute approximate surface area is 184 Å². The molecular formula is C23H21ClN2OS2. The molecule has 2 heterocycles. The Balaban J connectivity index is 1.75. The molecule has 0 radical (unpaired) electrons. The number of benzene rings is 1. The first-order valence-corrected chi connectivity index (χ1v) is 11.7. The van der Waals surface area contributed by atoms with E-state index in [-0.39, 0.29) is 17.1 Å². The molecule has 0 saturated heterocycles. The summed E-state index contributed by atoms with van der Waals surface area (Å²) in [6.45, 7) is 4.24. The first-order chi connectivity index (χ1) is 13.9. The molecule has 6 heteroatoms. The molecule has 1 aliphatic heterocycles. The molecule has 0 amide bonds. The second-order valence-corrected chi connectivity index (χ2v) is 10.5. The summed E-state index contributed by atoms with van der Waals surface area (Å²) in [5.41, 5.74) is 3.29. The number of ketones is 1. The molecule has 2 aromatic rings. The Hall–Kier alpha value is -2.00. The zero-order valence-corrected chi connectivity index (χ0v) is 18.7. The number of rotatable bonds is 4. The van der Waals surface area contributed by atoms with Gasteiger partial charge in [0.1, 0.15) is 0 Å². The van der Waals surface area contributed by atoms with Gasteiger partial charge in [0.05, 0.1) is 22.6 Å². The van der Waals surface area contributed by atoms with Crippen molar-refractivity contribution in [1.29, 1.82) is 5.26 Å². The molecule has 2 aliphatic rings. The molecule has 4 rings (SSSR count). The van der Waals surface area contributed by atoms with E-state index >= 15 is 0 Å². The van der Waals surface area contributed by atoms with Gasteiger partial charge in [-0.2, -0.15) is 5.26 Å². The third kappa shape index (κ3) is 4.02. The highest BCUT2D eigenvalue weighted by Crippen LogP contribution is 2.49. The predicted octanol–water partition coefficient (Wildman–Crippen LogP) is 6.40. The molecular weight excluding hydrogens is 420 g/mol. The maximum Gasteiger partial charge on any atom is 0.162 e. The monoisotopic (exact) mass is 440 g/mol. The lowest BCUT2D eigenvalue weighted by atomic mass is 9.70. The number of thiophene rings is 1. The summed E-state index contributed by atoms with van der Waals surface area (Å²) in [4.78, 5) is 14.1. The maximum atomic E-state index is 13.1. The van der Waals surface area contributed by atoms with E-state index in [9.17, 15) is 10.1 Å². The molecule has 1 aromatic carbocycles. The van der Waals surface area contributed by atoms with Gasteiger partial charge in [0.2, 0.25) is 0 Å². The van der Waals surface area contributed by atoms with Crippen LogP contribution in [0.15, 0.2) is 63.7 Å². The number of hydrogen-bond acceptors (Lipinski definition) is 5. The Morgan fingerprint density at radius 3 is 2.76 bits per heavy atom. The molecule has 1 aromatic heterocycles. The van der Waals surface area contributed by atoms with Gasteiger partial charge in [0, 0.05) is 33.3 Å². The second-order valence-electron chi connectivity index (χ2n) is 8.14. The SMILES string of the molecule is CC1(C)CC(=O)C2=C(C1)NC(SCc1ccccc1Cl)=C(C#N)C2c1cccs1. The average molecular weight is 441 g/mol. The van der Waals surface area contributed by atoms with Crippen LogP contribution in [0.4, 0.5) is 0 Å². The second kappa shape index (κ2) is 8.02. The molecule has 0 bridgehead atoms. The topological polar surface area (TPSA) is 52.9 Å². The van der Waals surface area contributed by atoms with Crippen LogP contribution in [-0.2, 0) is 10.5 Å². The largest absolute Gasteiger partial charge is 0.352 e. The van der Waals surface area contributed by atoms with Crippen LogP contribution in [0, 0.1) is 16.7 Å². The number of nitriles is 1. The Bertz CT molecular complexity index is 1060. The van der Waals surface area contributed by atoms with E-state index in [1.54, 1.807) is 23.1 Å². The van der Waals surface area contributed by atoms with Crippen molar-refractivity contribution in [1.82, 2.24) is 5.32 Å². The minimum absolute atomic E-state index is 0.0917. The zero-order chi connectivity index (χ0) is 20.6. The van der Waals surface area contributed by atoms with Gasteiger partial charge in [0.25, 0.3) is 0 Å². The molecule has 1 unspecified atom stereocenters. The third-order valence-electron chi connectivity index (χ3n) is 5.28. The minimum Gasteiger partial charge on any atom is -0.352 e. The molecule has 1 aliphatic carbocycles. The van der Waals surface area contributed by atoms with Crippen LogP contribution in [0.5, 0.6) is 0 Å². The van der Waals surface area contributed by atoms with E-state index < -0.39 is 0 Å². The number of nitrogens with zero attached hydrogens (tertiary/aromatic N) is 1. The minimum atomic E-state index is -0.284. The Kier molecular flexibility index (Phi) is 5.61. The maximum absolute atomic E-state index is 13.1. The number of dihydropyridines is 1. The predicted molar refractivity (Wildman–Crippen MR) is 121 cm³/mol. The molecule has 0 spiro atoms. The van der Waals surface area contributed by atoms with Crippen LogP contribution >= 0.6 is 34.7 Å². The van der Waals surface area contributed by atoms with E-state index in [1.807, 2.05) is 41.8 Å². The lowest BCUT2D eigenvalue weighted by Gasteiger charge is -2.38. The van der Waals surface area contributed by atoms with Gasteiger partial charge in [-0.05, 0) is 34.9 Å². The lowest BCUT2D eigenvalue weighted by molar-refractivity contribution is -0.118. The first kappa shape index (κ1) is 20.3. The third-order valence-corrected chi connectivity index (χ3v) is 7.66. The van der Waals surface area contributed by atoms with Crippen LogP contribution in [0.2, 0.25) is 5.02 Å². The van der Waals surface area contributed by atoms with Crippen LogP contribution < -0.4 is 5.32 Å². The molecule has 148 valence electrons. The van der Waals surface area contributed by atoms with Crippen molar-refractivity contribution < 1.29 is 4.79 Å². The fraction of sp³-hybridized carbons (Fsp3) is 0.304. The van der Waals surface area contributed by atoms with Gasteiger partial charge >= 0.3 is 0 Å². The number of carbonyl (C=O) groups is 1. The van der Waals surface area contributed by atoms with Crippen molar-refractivity contribution in [2.45, 2.75) is 38.4 Å². The smallest absolute Gasteiger partial charge is 0.162 e. The Morgan fingerprint density at radius 1 is 1.28 bits per heavy atom. The summed E-state index contributed by atoms with van der Waals surface area (Å²) >= 11 is 9.49. The number of nitrogens with one attached hydrogen (secondary N) is 1.